The van der Waals surface area contributed by atoms with Crippen LogP contribution in [0.5, 0.6) is 0 Å². The third-order valence-corrected chi connectivity index (χ3v) is 2.61. The Labute approximate surface area is 95.3 Å². The highest BCUT2D eigenvalue weighted by molar-refractivity contribution is 5.80. The third kappa shape index (κ3) is 2.74. The molecule has 1 N–H and O–H groups in total. The minimum absolute atomic E-state index is 0.0840. The maximum absolute atomic E-state index is 11.9. The Morgan fingerprint density at radius 1 is 1.56 bits per heavy atom. The Morgan fingerprint density at radius 2 is 2.19 bits per heavy atom. The number of urea groups is 1. The average Bonchev–Trinajstić information content (AvgIpc) is 2.14. The van der Waals surface area contributed by atoms with Gasteiger partial charge in [0, 0.05) is 26.2 Å². The van der Waals surface area contributed by atoms with Gasteiger partial charge in [0.1, 0.15) is 0 Å². The molecular formula is C11H18N2O3. The van der Waals surface area contributed by atoms with E-state index in [9.17, 15) is 9.59 Å². The second-order valence-corrected chi connectivity index (χ2v) is 3.96. The first-order chi connectivity index (χ1) is 7.60. The van der Waals surface area contributed by atoms with Crippen molar-refractivity contribution in [3.05, 3.63) is 12.7 Å². The summed E-state index contributed by atoms with van der Waals surface area (Å²) < 4.78 is 0. The number of nitrogens with zero attached hydrogens (tertiary/aromatic N) is 2. The standard InChI is InChI=1S/C11H18N2O3/c1-3-5-12(6-4-2)11(16)13-7-9(8-13)10(14)15/h3,9H,1,4-8H2,2H3,(H,14,15). The number of rotatable bonds is 5. The summed E-state index contributed by atoms with van der Waals surface area (Å²) in [7, 11) is 0. The summed E-state index contributed by atoms with van der Waals surface area (Å²) in [6, 6.07) is -0.0840. The van der Waals surface area contributed by atoms with Crippen molar-refractivity contribution in [2.75, 3.05) is 26.2 Å². The molecule has 0 atom stereocenters. The van der Waals surface area contributed by atoms with Crippen molar-refractivity contribution in [1.29, 1.82) is 0 Å². The molecule has 1 fully saturated rings. The minimum atomic E-state index is -0.824. The molecule has 2 amide bonds. The van der Waals surface area contributed by atoms with E-state index in [0.29, 0.717) is 26.2 Å². The predicted octanol–water partition coefficient (Wildman–Crippen LogP) is 1.02. The van der Waals surface area contributed by atoms with Crippen LogP contribution in [0.4, 0.5) is 4.79 Å². The van der Waals surface area contributed by atoms with Crippen molar-refractivity contribution in [2.45, 2.75) is 13.3 Å². The van der Waals surface area contributed by atoms with Gasteiger partial charge in [0.2, 0.25) is 0 Å². The number of carbonyl (C=O) groups is 2. The van der Waals surface area contributed by atoms with Gasteiger partial charge >= 0.3 is 12.0 Å². The quantitative estimate of drug-likeness (QED) is 0.712. The van der Waals surface area contributed by atoms with Crippen LogP contribution in [0.25, 0.3) is 0 Å². The molecule has 0 radical (unpaired) electrons. The first kappa shape index (κ1) is 12.5. The molecule has 0 spiro atoms. The zero-order chi connectivity index (χ0) is 12.1. The molecule has 0 unspecified atom stereocenters. The number of hydrogen-bond donors (Lipinski definition) is 1. The van der Waals surface area contributed by atoms with Crippen LogP contribution in [0.3, 0.4) is 0 Å². The number of carboxylic acids is 1. The number of likely N-dealkylation sites (tertiary alicyclic amines) is 1. The Balaban J connectivity index is 2.44. The fraction of sp³-hybridized carbons (Fsp3) is 0.636. The van der Waals surface area contributed by atoms with Gasteiger partial charge in [-0.25, -0.2) is 4.79 Å². The van der Waals surface area contributed by atoms with Gasteiger partial charge in [-0.1, -0.05) is 13.0 Å². The smallest absolute Gasteiger partial charge is 0.320 e. The molecule has 16 heavy (non-hydrogen) atoms. The molecule has 0 saturated carbocycles. The first-order valence-electron chi connectivity index (χ1n) is 5.47. The lowest BCUT2D eigenvalue weighted by Gasteiger charge is -2.39. The molecule has 5 heteroatoms. The van der Waals surface area contributed by atoms with Gasteiger partial charge in [0.25, 0.3) is 0 Å². The van der Waals surface area contributed by atoms with Crippen molar-refractivity contribution in [3.8, 4) is 0 Å². The molecule has 1 aliphatic heterocycles. The number of carbonyl (C=O) groups excluding carboxylic acids is 1. The van der Waals surface area contributed by atoms with Crippen molar-refractivity contribution >= 4 is 12.0 Å². The number of aliphatic carboxylic acids is 1. The lowest BCUT2D eigenvalue weighted by atomic mass is 10.0. The number of hydrogen-bond acceptors (Lipinski definition) is 2. The van der Waals surface area contributed by atoms with Crippen molar-refractivity contribution in [3.63, 3.8) is 0 Å². The predicted molar refractivity (Wildman–Crippen MR) is 60.2 cm³/mol. The number of carboxylic acid groups (broad SMARTS) is 1. The highest BCUT2D eigenvalue weighted by atomic mass is 16.4. The fourth-order valence-corrected chi connectivity index (χ4v) is 1.68. The summed E-state index contributed by atoms with van der Waals surface area (Å²) >= 11 is 0. The maximum atomic E-state index is 11.9. The Kier molecular flexibility index (Phi) is 4.34. The van der Waals surface area contributed by atoms with Crippen molar-refractivity contribution < 1.29 is 14.7 Å². The molecule has 0 aromatic heterocycles. The SMILES string of the molecule is C=CCN(CCC)C(=O)N1CC(C(=O)O)C1. The van der Waals surface area contributed by atoms with Gasteiger partial charge < -0.3 is 14.9 Å². The van der Waals surface area contributed by atoms with Crippen molar-refractivity contribution in [2.24, 2.45) is 5.92 Å². The molecule has 0 bridgehead atoms. The average molecular weight is 226 g/mol. The van der Waals surface area contributed by atoms with Crippen LogP contribution in [0.2, 0.25) is 0 Å². The summed E-state index contributed by atoms with van der Waals surface area (Å²) in [5.41, 5.74) is 0. The second kappa shape index (κ2) is 5.53. The lowest BCUT2D eigenvalue weighted by Crippen LogP contribution is -2.57. The number of amides is 2. The van der Waals surface area contributed by atoms with Gasteiger partial charge in [0.15, 0.2) is 0 Å². The van der Waals surface area contributed by atoms with Crippen LogP contribution in [-0.4, -0.2) is 53.1 Å². The van der Waals surface area contributed by atoms with Crippen LogP contribution >= 0.6 is 0 Å². The summed E-state index contributed by atoms with van der Waals surface area (Å²) in [6.45, 7) is 7.45. The largest absolute Gasteiger partial charge is 0.481 e. The van der Waals surface area contributed by atoms with E-state index < -0.39 is 11.9 Å². The van der Waals surface area contributed by atoms with Gasteiger partial charge in [-0.15, -0.1) is 6.58 Å². The molecule has 90 valence electrons. The maximum Gasteiger partial charge on any atom is 0.320 e. The summed E-state index contributed by atoms with van der Waals surface area (Å²) in [5, 5.41) is 8.71. The topological polar surface area (TPSA) is 60.9 Å². The fourth-order valence-electron chi connectivity index (χ4n) is 1.68. The van der Waals surface area contributed by atoms with E-state index in [1.54, 1.807) is 15.9 Å². The summed E-state index contributed by atoms with van der Waals surface area (Å²) in [5.74, 6) is -1.22. The van der Waals surface area contributed by atoms with E-state index in [0.717, 1.165) is 6.42 Å². The van der Waals surface area contributed by atoms with E-state index >= 15 is 0 Å². The van der Waals surface area contributed by atoms with Crippen LogP contribution in [0.15, 0.2) is 12.7 Å². The Bertz CT molecular complexity index is 285. The van der Waals surface area contributed by atoms with Crippen LogP contribution < -0.4 is 0 Å². The van der Waals surface area contributed by atoms with E-state index in [1.165, 1.54) is 0 Å². The monoisotopic (exact) mass is 226 g/mol. The van der Waals surface area contributed by atoms with Crippen LogP contribution in [-0.2, 0) is 4.79 Å². The summed E-state index contributed by atoms with van der Waals surface area (Å²) in [4.78, 5) is 25.7. The van der Waals surface area contributed by atoms with E-state index in [4.69, 9.17) is 5.11 Å². The molecule has 5 nitrogen and oxygen atoms in total. The minimum Gasteiger partial charge on any atom is -0.481 e. The molecule has 0 aromatic carbocycles. The zero-order valence-corrected chi connectivity index (χ0v) is 9.56. The normalized spacial score (nSPS) is 15.4. The van der Waals surface area contributed by atoms with Gasteiger partial charge in [-0.2, -0.15) is 0 Å². The molecular weight excluding hydrogens is 208 g/mol. The van der Waals surface area contributed by atoms with E-state index in [-0.39, 0.29) is 6.03 Å². The van der Waals surface area contributed by atoms with Gasteiger partial charge in [-0.05, 0) is 6.42 Å². The van der Waals surface area contributed by atoms with Crippen molar-refractivity contribution in [1.82, 2.24) is 9.80 Å². The van der Waals surface area contributed by atoms with Crippen LogP contribution in [0, 0.1) is 5.92 Å². The Morgan fingerprint density at radius 3 is 2.62 bits per heavy atom. The first-order valence-corrected chi connectivity index (χ1v) is 5.47. The summed E-state index contributed by atoms with van der Waals surface area (Å²) in [6.07, 6.45) is 2.57. The van der Waals surface area contributed by atoms with Gasteiger partial charge in [-0.3, -0.25) is 4.79 Å². The molecule has 0 aliphatic carbocycles. The third-order valence-electron chi connectivity index (χ3n) is 2.61. The highest BCUT2D eigenvalue weighted by Crippen LogP contribution is 2.17. The Hall–Kier alpha value is -1.52. The lowest BCUT2D eigenvalue weighted by molar-refractivity contribution is -0.146. The van der Waals surface area contributed by atoms with E-state index in [1.807, 2.05) is 6.92 Å². The van der Waals surface area contributed by atoms with E-state index in [2.05, 4.69) is 6.58 Å². The molecule has 1 heterocycles. The zero-order valence-electron chi connectivity index (χ0n) is 9.56. The molecule has 0 aromatic rings. The van der Waals surface area contributed by atoms with Gasteiger partial charge in [0.05, 0.1) is 5.92 Å². The molecule has 1 aliphatic rings. The molecule has 1 saturated heterocycles. The van der Waals surface area contributed by atoms with Crippen LogP contribution in [0.1, 0.15) is 13.3 Å². The highest BCUT2D eigenvalue weighted by Gasteiger charge is 2.37. The molecule has 1 rings (SSSR count). The second-order valence-electron chi connectivity index (χ2n) is 3.96.